The van der Waals surface area contributed by atoms with Crippen molar-refractivity contribution in [3.05, 3.63) is 105 Å². The van der Waals surface area contributed by atoms with Gasteiger partial charge in [0.1, 0.15) is 23.1 Å². The smallest absolute Gasteiger partial charge is 0.252 e. The highest BCUT2D eigenvalue weighted by molar-refractivity contribution is 14.1. The summed E-state index contributed by atoms with van der Waals surface area (Å²) < 4.78 is 37.0. The molecule has 0 radical (unpaired) electrons. The molecule has 0 aliphatic heterocycles. The summed E-state index contributed by atoms with van der Waals surface area (Å²) in [4.78, 5) is 16.2. The molecule has 3 aromatic carbocycles. The van der Waals surface area contributed by atoms with Crippen molar-refractivity contribution in [3.8, 4) is 17.2 Å². The van der Waals surface area contributed by atoms with Crippen LogP contribution in [-0.2, 0) is 6.42 Å². The van der Waals surface area contributed by atoms with E-state index in [0.717, 1.165) is 15.3 Å². The van der Waals surface area contributed by atoms with Gasteiger partial charge in [-0.3, -0.25) is 4.79 Å². The van der Waals surface area contributed by atoms with E-state index in [1.54, 1.807) is 55.1 Å². The number of halogens is 3. The number of benzene rings is 3. The van der Waals surface area contributed by atoms with Gasteiger partial charge < -0.3 is 15.0 Å². The van der Waals surface area contributed by atoms with E-state index in [1.807, 2.05) is 27.2 Å². The lowest BCUT2D eigenvalue weighted by Gasteiger charge is -2.15. The molecule has 2 N–H and O–H groups in total. The number of hydrogen-bond donors (Lipinski definition) is 1. The van der Waals surface area contributed by atoms with Gasteiger partial charge in [0.25, 0.3) is 5.91 Å². The van der Waals surface area contributed by atoms with Crippen LogP contribution >= 0.6 is 22.6 Å². The summed E-state index contributed by atoms with van der Waals surface area (Å²) in [6.07, 6.45) is 5.11. The lowest BCUT2D eigenvalue weighted by molar-refractivity contribution is 0.0997. The molecule has 1 aromatic heterocycles. The molecule has 156 valence electrons. The van der Waals surface area contributed by atoms with Crippen LogP contribution in [0.3, 0.4) is 0 Å². The van der Waals surface area contributed by atoms with Gasteiger partial charge in [0.15, 0.2) is 0 Å². The molecule has 4 rings (SSSR count). The summed E-state index contributed by atoms with van der Waals surface area (Å²) in [5, 5.41) is 0. The highest BCUT2D eigenvalue weighted by atomic mass is 127. The van der Waals surface area contributed by atoms with Gasteiger partial charge in [-0.1, -0.05) is 6.07 Å². The Kier molecular flexibility index (Phi) is 5.99. The van der Waals surface area contributed by atoms with E-state index in [0.29, 0.717) is 11.3 Å². The summed E-state index contributed by atoms with van der Waals surface area (Å²) in [5.74, 6) is -1.47. The molecule has 0 atom stereocenters. The van der Waals surface area contributed by atoms with Gasteiger partial charge >= 0.3 is 0 Å². The molecule has 0 aliphatic rings. The fourth-order valence-corrected chi connectivity index (χ4v) is 3.68. The third-order valence-corrected chi connectivity index (χ3v) is 5.33. The maximum atomic E-state index is 14.4. The highest BCUT2D eigenvalue weighted by Crippen LogP contribution is 2.31. The van der Waals surface area contributed by atoms with Crippen molar-refractivity contribution < 1.29 is 18.3 Å². The number of rotatable bonds is 6. The van der Waals surface area contributed by atoms with E-state index in [2.05, 4.69) is 4.98 Å². The summed E-state index contributed by atoms with van der Waals surface area (Å²) in [7, 11) is 0. The van der Waals surface area contributed by atoms with E-state index in [4.69, 9.17) is 10.5 Å². The van der Waals surface area contributed by atoms with Crippen LogP contribution in [0, 0.1) is 15.2 Å². The van der Waals surface area contributed by atoms with E-state index in [9.17, 15) is 13.6 Å². The van der Waals surface area contributed by atoms with Gasteiger partial charge in [-0.05, 0) is 76.2 Å². The van der Waals surface area contributed by atoms with Gasteiger partial charge in [0, 0.05) is 34.1 Å². The van der Waals surface area contributed by atoms with Crippen LogP contribution in [0.4, 0.5) is 8.78 Å². The molecular formula is C23H16F2IN3O2. The molecule has 8 heteroatoms. The number of nitrogens with two attached hydrogens (primary N) is 1. The molecule has 0 fully saturated rings. The number of amides is 1. The van der Waals surface area contributed by atoms with Gasteiger partial charge in [-0.25, -0.2) is 13.8 Å². The number of nitrogens with zero attached hydrogens (tertiary/aromatic N) is 2. The third kappa shape index (κ3) is 4.74. The Morgan fingerprint density at radius 1 is 1.06 bits per heavy atom. The summed E-state index contributed by atoms with van der Waals surface area (Å²) in [5.41, 5.74) is 7.02. The molecule has 0 aliphatic carbocycles. The van der Waals surface area contributed by atoms with Crippen LogP contribution in [0.15, 0.2) is 73.3 Å². The monoisotopic (exact) mass is 531 g/mol. The van der Waals surface area contributed by atoms with Crippen molar-refractivity contribution in [1.82, 2.24) is 9.55 Å². The topological polar surface area (TPSA) is 70.1 Å². The van der Waals surface area contributed by atoms with Crippen molar-refractivity contribution in [3.63, 3.8) is 0 Å². The van der Waals surface area contributed by atoms with Crippen LogP contribution < -0.4 is 10.5 Å². The SMILES string of the molecule is NC(=O)c1c(Cc2ccc(I)cc2F)cc(F)cc1Oc1ccc(-n2ccnc2)cc1. The van der Waals surface area contributed by atoms with Gasteiger partial charge in [0.05, 0.1) is 11.9 Å². The number of ether oxygens (including phenoxy) is 1. The molecule has 0 saturated carbocycles. The molecule has 31 heavy (non-hydrogen) atoms. The molecule has 5 nitrogen and oxygen atoms in total. The Labute approximate surface area is 190 Å². The van der Waals surface area contributed by atoms with Crippen molar-refractivity contribution in [2.45, 2.75) is 6.42 Å². The van der Waals surface area contributed by atoms with Gasteiger partial charge in [0.2, 0.25) is 0 Å². The largest absolute Gasteiger partial charge is 0.456 e. The minimum atomic E-state index is -0.786. The minimum absolute atomic E-state index is 0.00524. The number of imidazole rings is 1. The summed E-state index contributed by atoms with van der Waals surface area (Å²) in [6.45, 7) is 0. The fourth-order valence-electron chi connectivity index (χ4n) is 3.23. The lowest BCUT2D eigenvalue weighted by Crippen LogP contribution is -2.16. The molecule has 1 amide bonds. The van der Waals surface area contributed by atoms with Crippen molar-refractivity contribution in [2.24, 2.45) is 5.73 Å². The second-order valence-electron chi connectivity index (χ2n) is 6.78. The molecule has 4 aromatic rings. The van der Waals surface area contributed by atoms with E-state index < -0.39 is 17.5 Å². The van der Waals surface area contributed by atoms with Crippen molar-refractivity contribution in [2.75, 3.05) is 0 Å². The lowest BCUT2D eigenvalue weighted by atomic mass is 9.98. The first kappa shape index (κ1) is 21.0. The quantitative estimate of drug-likeness (QED) is 0.347. The van der Waals surface area contributed by atoms with E-state index in [1.165, 1.54) is 12.1 Å². The van der Waals surface area contributed by atoms with Crippen LogP contribution in [0.5, 0.6) is 11.5 Å². The average Bonchev–Trinajstić information content (AvgIpc) is 3.25. The van der Waals surface area contributed by atoms with E-state index >= 15 is 0 Å². The van der Waals surface area contributed by atoms with Gasteiger partial charge in [-0.2, -0.15) is 0 Å². The number of carbonyl (C=O) groups excluding carboxylic acids is 1. The first-order valence-corrected chi connectivity index (χ1v) is 10.3. The van der Waals surface area contributed by atoms with Gasteiger partial charge in [-0.15, -0.1) is 0 Å². The Morgan fingerprint density at radius 3 is 2.48 bits per heavy atom. The van der Waals surface area contributed by atoms with Crippen molar-refractivity contribution in [1.29, 1.82) is 0 Å². The second-order valence-corrected chi connectivity index (χ2v) is 8.03. The standard InChI is InChI=1S/C23H16F2IN3O2/c24-16-10-15(9-14-1-2-17(26)12-20(14)25)22(23(27)30)21(11-16)31-19-5-3-18(4-6-19)29-8-7-28-13-29/h1-8,10-13H,9H2,(H2,27,30). The zero-order valence-electron chi connectivity index (χ0n) is 16.1. The molecule has 0 unspecified atom stereocenters. The van der Waals surface area contributed by atoms with E-state index in [-0.39, 0.29) is 23.3 Å². The molecule has 0 spiro atoms. The number of aromatic nitrogens is 2. The average molecular weight is 531 g/mol. The summed E-state index contributed by atoms with van der Waals surface area (Å²) >= 11 is 2.00. The number of hydrogen-bond acceptors (Lipinski definition) is 3. The third-order valence-electron chi connectivity index (χ3n) is 4.66. The predicted octanol–water partition coefficient (Wildman–Crippen LogP) is 5.24. The molecule has 1 heterocycles. The Morgan fingerprint density at radius 2 is 1.84 bits per heavy atom. The first-order valence-electron chi connectivity index (χ1n) is 9.23. The zero-order valence-corrected chi connectivity index (χ0v) is 18.2. The number of primary amides is 1. The Bertz CT molecular complexity index is 1240. The molecule has 0 saturated heterocycles. The first-order chi connectivity index (χ1) is 14.9. The minimum Gasteiger partial charge on any atom is -0.456 e. The van der Waals surface area contributed by atoms with Crippen LogP contribution in [-0.4, -0.2) is 15.5 Å². The Balaban J connectivity index is 1.68. The second kappa shape index (κ2) is 8.84. The predicted molar refractivity (Wildman–Crippen MR) is 120 cm³/mol. The highest BCUT2D eigenvalue weighted by Gasteiger charge is 2.19. The van der Waals surface area contributed by atoms with Crippen LogP contribution in [0.2, 0.25) is 0 Å². The normalized spacial score (nSPS) is 10.8. The summed E-state index contributed by atoms with van der Waals surface area (Å²) in [6, 6.07) is 13.9. The fraction of sp³-hybridized carbons (Fsp3) is 0.0435. The molecule has 0 bridgehead atoms. The maximum Gasteiger partial charge on any atom is 0.252 e. The number of carbonyl (C=O) groups is 1. The maximum absolute atomic E-state index is 14.4. The van der Waals surface area contributed by atoms with Crippen molar-refractivity contribution >= 4 is 28.5 Å². The molecular weight excluding hydrogens is 515 g/mol. The van der Waals surface area contributed by atoms with Crippen LogP contribution in [0.1, 0.15) is 21.5 Å². The zero-order chi connectivity index (χ0) is 22.0. The Hall–Kier alpha value is -3.27. The van der Waals surface area contributed by atoms with Crippen LogP contribution in [0.25, 0.3) is 5.69 Å².